The lowest BCUT2D eigenvalue weighted by molar-refractivity contribution is -0.301. The number of rotatable bonds is 2. The second kappa shape index (κ2) is 9.23. The van der Waals surface area contributed by atoms with Crippen molar-refractivity contribution in [1.82, 2.24) is 0 Å². The molecule has 0 N–H and O–H groups in total. The van der Waals surface area contributed by atoms with Gasteiger partial charge in [0.25, 0.3) is 0 Å². The molecule has 0 saturated carbocycles. The van der Waals surface area contributed by atoms with E-state index in [4.69, 9.17) is 8.83 Å². The zero-order valence-electron chi connectivity index (χ0n) is 25.1. The molecule has 238 valence electrons. The van der Waals surface area contributed by atoms with Crippen LogP contribution in [0.4, 0.5) is 26.3 Å². The molecule has 2 aromatic heterocycles. The minimum absolute atomic E-state index is 0.154. The van der Waals surface area contributed by atoms with E-state index < -0.39 is 28.9 Å². The fourth-order valence-corrected chi connectivity index (χ4v) is 7.63. The molecule has 0 spiro atoms. The number of para-hydroxylation sites is 3. The minimum Gasteiger partial charge on any atom is -0.456 e. The summed E-state index contributed by atoms with van der Waals surface area (Å²) >= 11 is 0. The van der Waals surface area contributed by atoms with Gasteiger partial charge in [-0.3, -0.25) is 0 Å². The van der Waals surface area contributed by atoms with Crippen LogP contribution in [0.3, 0.4) is 0 Å². The number of halogens is 6. The molecule has 0 radical (unpaired) electrons. The molecule has 8 heteroatoms. The Hall–Kier alpha value is -5.76. The van der Waals surface area contributed by atoms with Crippen molar-refractivity contribution in [3.05, 3.63) is 132 Å². The monoisotopic (exact) mass is 658 g/mol. The topological polar surface area (TPSA) is 26.3 Å². The second-order valence-corrected chi connectivity index (χ2v) is 12.6. The van der Waals surface area contributed by atoms with Crippen molar-refractivity contribution in [3.8, 4) is 22.3 Å². The van der Waals surface area contributed by atoms with Gasteiger partial charge in [-0.05, 0) is 74.6 Å². The highest BCUT2D eigenvalue weighted by Crippen LogP contribution is 2.66. The highest BCUT2D eigenvalue weighted by molar-refractivity contribution is 6.15. The molecular weight excluding hydrogens is 638 g/mol. The van der Waals surface area contributed by atoms with Gasteiger partial charge in [-0.2, -0.15) is 26.3 Å². The average Bonchev–Trinajstić information content (AvgIpc) is 3.71. The van der Waals surface area contributed by atoms with E-state index in [2.05, 4.69) is 0 Å². The molecule has 49 heavy (non-hydrogen) atoms. The zero-order valence-corrected chi connectivity index (χ0v) is 25.1. The molecule has 7 aromatic carbocycles. The van der Waals surface area contributed by atoms with E-state index in [9.17, 15) is 0 Å². The van der Waals surface area contributed by atoms with Crippen LogP contribution >= 0.6 is 0 Å². The Kier molecular flexibility index (Phi) is 5.32. The number of hydrogen-bond donors (Lipinski definition) is 0. The molecule has 2 heterocycles. The second-order valence-electron chi connectivity index (χ2n) is 12.6. The Bertz CT molecular complexity index is 2880. The van der Waals surface area contributed by atoms with Gasteiger partial charge in [-0.1, -0.05) is 84.9 Å². The lowest BCUT2D eigenvalue weighted by Crippen LogP contribution is -2.43. The van der Waals surface area contributed by atoms with Crippen LogP contribution in [-0.2, 0) is 11.8 Å². The third-order valence-corrected chi connectivity index (χ3v) is 9.96. The number of alkyl halides is 6. The molecule has 0 fully saturated rings. The molecular formula is C41H20F6O2. The van der Waals surface area contributed by atoms with E-state index in [-0.39, 0.29) is 21.5 Å². The van der Waals surface area contributed by atoms with Gasteiger partial charge in [0.1, 0.15) is 22.3 Å². The molecule has 1 aliphatic carbocycles. The van der Waals surface area contributed by atoms with Gasteiger partial charge in [0.2, 0.25) is 0 Å². The third kappa shape index (κ3) is 3.53. The summed E-state index contributed by atoms with van der Waals surface area (Å²) in [6.45, 7) is 0. The zero-order chi connectivity index (χ0) is 33.4. The maximum absolute atomic E-state index is 15.8. The van der Waals surface area contributed by atoms with Crippen molar-refractivity contribution in [2.45, 2.75) is 17.8 Å². The lowest BCUT2D eigenvalue weighted by atomic mass is 9.88. The van der Waals surface area contributed by atoms with Crippen LogP contribution in [0.15, 0.2) is 130 Å². The Morgan fingerprint density at radius 1 is 0.367 bits per heavy atom. The first-order chi connectivity index (χ1) is 23.6. The van der Waals surface area contributed by atoms with Gasteiger partial charge >= 0.3 is 17.8 Å². The summed E-state index contributed by atoms with van der Waals surface area (Å²) < 4.78 is 106. The lowest BCUT2D eigenvalue weighted by Gasteiger charge is -2.23. The van der Waals surface area contributed by atoms with Gasteiger partial charge < -0.3 is 8.83 Å². The van der Waals surface area contributed by atoms with Crippen LogP contribution in [0.2, 0.25) is 0 Å². The molecule has 0 atom stereocenters. The summed E-state index contributed by atoms with van der Waals surface area (Å²) in [6, 6.07) is 34.5. The SMILES string of the molecule is FC1(F)c2c(c3cc(-c4cccc5c4oc4ccccc45)ccc3c3ccc(-c4ccc5c(c4)oc4ccccc45)cc23)C(F)(F)C1(F)F. The van der Waals surface area contributed by atoms with E-state index in [1.807, 2.05) is 54.6 Å². The minimum atomic E-state index is -5.67. The summed E-state index contributed by atoms with van der Waals surface area (Å²) in [4.78, 5) is 0. The number of hydrogen-bond acceptors (Lipinski definition) is 2. The van der Waals surface area contributed by atoms with E-state index in [0.29, 0.717) is 44.6 Å². The molecule has 0 amide bonds. The smallest absolute Gasteiger partial charge is 0.380 e. The van der Waals surface area contributed by atoms with Crippen LogP contribution in [0.1, 0.15) is 11.1 Å². The predicted molar refractivity (Wildman–Crippen MR) is 180 cm³/mol. The van der Waals surface area contributed by atoms with E-state index in [1.54, 1.807) is 42.5 Å². The van der Waals surface area contributed by atoms with Crippen LogP contribution in [-0.4, -0.2) is 5.92 Å². The molecule has 1 aliphatic rings. The van der Waals surface area contributed by atoms with Crippen molar-refractivity contribution < 1.29 is 35.2 Å². The quantitative estimate of drug-likeness (QED) is 0.136. The maximum atomic E-state index is 15.8. The average molecular weight is 659 g/mol. The Morgan fingerprint density at radius 3 is 1.53 bits per heavy atom. The van der Waals surface area contributed by atoms with Gasteiger partial charge in [-0.15, -0.1) is 0 Å². The Morgan fingerprint density at radius 2 is 0.857 bits per heavy atom. The highest BCUT2D eigenvalue weighted by atomic mass is 19.3. The molecule has 0 saturated heterocycles. The van der Waals surface area contributed by atoms with E-state index >= 15 is 26.3 Å². The number of furan rings is 2. The maximum Gasteiger partial charge on any atom is 0.380 e. The van der Waals surface area contributed by atoms with Crippen LogP contribution in [0, 0.1) is 0 Å². The summed E-state index contributed by atoms with van der Waals surface area (Å²) in [6.07, 6.45) is 0. The van der Waals surface area contributed by atoms with Crippen LogP contribution in [0.5, 0.6) is 0 Å². The van der Waals surface area contributed by atoms with E-state index in [1.165, 1.54) is 24.3 Å². The predicted octanol–water partition coefficient (Wildman–Crippen LogP) is 13.0. The largest absolute Gasteiger partial charge is 0.456 e. The Balaban J connectivity index is 1.25. The first-order valence-corrected chi connectivity index (χ1v) is 15.6. The van der Waals surface area contributed by atoms with Crippen LogP contribution < -0.4 is 0 Å². The van der Waals surface area contributed by atoms with Crippen molar-refractivity contribution in [3.63, 3.8) is 0 Å². The first-order valence-electron chi connectivity index (χ1n) is 15.6. The summed E-state index contributed by atoms with van der Waals surface area (Å²) in [5.41, 5.74) is 1.37. The van der Waals surface area contributed by atoms with Crippen molar-refractivity contribution in [2.24, 2.45) is 0 Å². The van der Waals surface area contributed by atoms with Crippen molar-refractivity contribution in [2.75, 3.05) is 0 Å². The van der Waals surface area contributed by atoms with Crippen molar-refractivity contribution >= 4 is 65.4 Å². The molecule has 9 aromatic rings. The molecule has 10 rings (SSSR count). The van der Waals surface area contributed by atoms with E-state index in [0.717, 1.165) is 21.5 Å². The van der Waals surface area contributed by atoms with Gasteiger partial charge in [0.05, 0.1) is 0 Å². The summed E-state index contributed by atoms with van der Waals surface area (Å²) in [5, 5.41) is 2.93. The summed E-state index contributed by atoms with van der Waals surface area (Å²) in [5.74, 6) is -16.0. The highest BCUT2D eigenvalue weighted by Gasteiger charge is 2.80. The Labute approximate surface area is 272 Å². The molecule has 0 aliphatic heterocycles. The third-order valence-electron chi connectivity index (χ3n) is 9.96. The fourth-order valence-electron chi connectivity index (χ4n) is 7.63. The molecule has 0 bridgehead atoms. The van der Waals surface area contributed by atoms with Crippen LogP contribution in [0.25, 0.3) is 87.7 Å². The molecule has 2 nitrogen and oxygen atoms in total. The standard InChI is InChI=1S/C41H20F6O2/c42-39(43)36-31-18-21(22-13-17-29-27-6-1-3-10-33(27)48-35(29)20-22)12-15-25(31)26-16-14-23(19-32(26)37(36)40(44,45)41(39,46)47)24-8-5-9-30-28-7-2-4-11-34(28)49-38(24)30/h1-20H. The first kappa shape index (κ1) is 28.3. The van der Waals surface area contributed by atoms with Gasteiger partial charge in [0, 0.05) is 38.2 Å². The number of fused-ring (bicyclic) bond motifs is 12. The fraction of sp³-hybridized carbons (Fsp3) is 0.0732. The normalized spacial score (nSPS) is 16.4. The summed E-state index contributed by atoms with van der Waals surface area (Å²) in [7, 11) is 0. The number of benzene rings is 7. The van der Waals surface area contributed by atoms with Gasteiger partial charge in [-0.25, -0.2) is 0 Å². The molecule has 0 unspecified atom stereocenters. The van der Waals surface area contributed by atoms with Gasteiger partial charge in [0.15, 0.2) is 0 Å². The van der Waals surface area contributed by atoms with Crippen molar-refractivity contribution in [1.29, 1.82) is 0 Å².